The number of rotatable bonds is 3. The zero-order chi connectivity index (χ0) is 38.0. The molecule has 6 N–H and O–H groups in total. The molecular formula is C42H35Br2NO8S. The van der Waals surface area contributed by atoms with Gasteiger partial charge in [-0.2, -0.15) is 0 Å². The molecule has 5 heterocycles. The van der Waals surface area contributed by atoms with E-state index >= 15 is 0 Å². The number of phenols is 6. The molecule has 4 atom stereocenters. The van der Waals surface area contributed by atoms with Crippen LogP contribution in [-0.4, -0.2) is 30.6 Å². The van der Waals surface area contributed by atoms with Gasteiger partial charge in [-0.15, -0.1) is 0 Å². The molecule has 5 aromatic rings. The van der Waals surface area contributed by atoms with Gasteiger partial charge in [0.25, 0.3) is 0 Å². The van der Waals surface area contributed by atoms with Crippen molar-refractivity contribution in [2.45, 2.75) is 85.6 Å². The maximum absolute atomic E-state index is 11.6. The van der Waals surface area contributed by atoms with Crippen molar-refractivity contribution >= 4 is 60.7 Å². The Labute approximate surface area is 332 Å². The zero-order valence-electron chi connectivity index (χ0n) is 29.6. The van der Waals surface area contributed by atoms with Gasteiger partial charge >= 0.3 is 0 Å². The van der Waals surface area contributed by atoms with Crippen molar-refractivity contribution in [1.82, 2.24) is 0 Å². The summed E-state index contributed by atoms with van der Waals surface area (Å²) < 4.78 is 12.9. The molecule has 12 heteroatoms. The summed E-state index contributed by atoms with van der Waals surface area (Å²) in [6.07, 6.45) is 3.70. The average molecular weight is 874 g/mol. The summed E-state index contributed by atoms with van der Waals surface area (Å²) in [6.45, 7) is 8.55. The lowest BCUT2D eigenvalue weighted by atomic mass is 9.77. The predicted molar refractivity (Wildman–Crippen MR) is 212 cm³/mol. The molecule has 9 nitrogen and oxygen atoms in total. The van der Waals surface area contributed by atoms with E-state index < -0.39 is 34.2 Å². The van der Waals surface area contributed by atoms with E-state index in [0.717, 1.165) is 70.8 Å². The lowest BCUT2D eigenvalue weighted by Gasteiger charge is -2.35. The predicted octanol–water partition coefficient (Wildman–Crippen LogP) is 11.2. The molecule has 5 aliphatic heterocycles. The van der Waals surface area contributed by atoms with Gasteiger partial charge in [-0.25, -0.2) is 0 Å². The number of benzene rings is 5. The van der Waals surface area contributed by atoms with E-state index in [4.69, 9.17) is 9.47 Å². The molecule has 4 unspecified atom stereocenters. The SMILES string of the molecule is CC12CCC(C)(O1)c1cc(-c3cc(-c4ccc5c(c4)C4(C)CCC5(C)O4)cc(N4c5c(O)c(O)c(Br)c(O)c5Sc5c(O)c(Br)c(O)c(O)c54)c3)ccc12. The highest BCUT2D eigenvalue weighted by molar-refractivity contribution is 9.11. The maximum Gasteiger partial charge on any atom is 0.184 e. The van der Waals surface area contributed by atoms with Crippen molar-refractivity contribution in [3.8, 4) is 56.8 Å². The largest absolute Gasteiger partial charge is 0.505 e. The third-order valence-corrected chi connectivity index (χ3v) is 15.1. The third kappa shape index (κ3) is 4.34. The van der Waals surface area contributed by atoms with E-state index in [9.17, 15) is 30.6 Å². The second-order valence-electron chi connectivity index (χ2n) is 15.9. The number of fused-ring (bicyclic) bond motifs is 12. The van der Waals surface area contributed by atoms with E-state index in [0.29, 0.717) is 5.69 Å². The molecule has 0 spiro atoms. The number of hydrogen-bond donors (Lipinski definition) is 6. The van der Waals surface area contributed by atoms with Crippen molar-refractivity contribution in [3.05, 3.63) is 85.8 Å². The summed E-state index contributed by atoms with van der Waals surface area (Å²) in [7, 11) is 0. The molecule has 5 aliphatic rings. The van der Waals surface area contributed by atoms with Gasteiger partial charge in [0.2, 0.25) is 0 Å². The summed E-state index contributed by atoms with van der Waals surface area (Å²) in [5.74, 6) is -3.17. The highest BCUT2D eigenvalue weighted by Crippen LogP contribution is 2.68. The van der Waals surface area contributed by atoms with Crippen LogP contribution in [0.4, 0.5) is 17.1 Å². The topological polar surface area (TPSA) is 143 Å². The van der Waals surface area contributed by atoms with Crippen LogP contribution >= 0.6 is 43.6 Å². The van der Waals surface area contributed by atoms with E-state index in [1.807, 2.05) is 12.1 Å². The number of ether oxygens (including phenoxy) is 2. The third-order valence-electron chi connectivity index (χ3n) is 12.5. The number of hydrogen-bond acceptors (Lipinski definition) is 10. The first kappa shape index (κ1) is 34.4. The van der Waals surface area contributed by atoms with Crippen molar-refractivity contribution in [3.63, 3.8) is 0 Å². The van der Waals surface area contributed by atoms with E-state index in [1.54, 1.807) is 0 Å². The molecule has 2 fully saturated rings. The molecule has 0 saturated carbocycles. The van der Waals surface area contributed by atoms with E-state index in [2.05, 4.69) is 102 Å². The molecule has 10 rings (SSSR count). The maximum atomic E-state index is 11.6. The van der Waals surface area contributed by atoms with Crippen molar-refractivity contribution in [2.75, 3.05) is 4.90 Å². The minimum absolute atomic E-state index is 0.0505. The summed E-state index contributed by atoms with van der Waals surface area (Å²) >= 11 is 7.25. The van der Waals surface area contributed by atoms with Crippen LogP contribution in [0.5, 0.6) is 34.5 Å². The van der Waals surface area contributed by atoms with Crippen molar-refractivity contribution in [1.29, 1.82) is 0 Å². The molecule has 0 amide bonds. The monoisotopic (exact) mass is 871 g/mol. The molecule has 0 aliphatic carbocycles. The van der Waals surface area contributed by atoms with Crippen molar-refractivity contribution in [2.24, 2.45) is 0 Å². The van der Waals surface area contributed by atoms with Crippen LogP contribution in [0.25, 0.3) is 22.3 Å². The highest BCUT2D eigenvalue weighted by atomic mass is 79.9. The molecule has 5 aromatic carbocycles. The average Bonchev–Trinajstić information content (AvgIpc) is 3.82. The Morgan fingerprint density at radius 3 is 1.30 bits per heavy atom. The Balaban J connectivity index is 1.26. The molecular weight excluding hydrogens is 838 g/mol. The first-order valence-corrected chi connectivity index (χ1v) is 20.1. The lowest BCUT2D eigenvalue weighted by Crippen LogP contribution is -2.18. The second-order valence-corrected chi connectivity index (χ2v) is 18.5. The molecule has 0 aromatic heterocycles. The number of anilines is 3. The van der Waals surface area contributed by atoms with Gasteiger partial charge in [-0.3, -0.25) is 0 Å². The van der Waals surface area contributed by atoms with E-state index in [-0.39, 0.29) is 52.8 Å². The minimum Gasteiger partial charge on any atom is -0.505 e. The fraction of sp³-hybridized carbons (Fsp3) is 0.286. The molecule has 0 radical (unpaired) electrons. The fourth-order valence-electron chi connectivity index (χ4n) is 9.61. The van der Waals surface area contributed by atoms with Gasteiger partial charge in [0.1, 0.15) is 31.8 Å². The van der Waals surface area contributed by atoms with Gasteiger partial charge < -0.3 is 45.0 Å². The summed E-state index contributed by atoms with van der Waals surface area (Å²) in [5, 5.41) is 68.0. The van der Waals surface area contributed by atoms with Crippen LogP contribution in [0.1, 0.15) is 75.6 Å². The Bertz CT molecular complexity index is 2410. The van der Waals surface area contributed by atoms with Crippen LogP contribution in [-0.2, 0) is 31.9 Å². The Kier molecular flexibility index (Phi) is 6.90. The lowest BCUT2D eigenvalue weighted by molar-refractivity contribution is -0.0665. The minimum atomic E-state index is -0.618. The Hall–Kier alpha value is -4.07. The molecule has 54 heavy (non-hydrogen) atoms. The number of nitrogens with zero attached hydrogens (tertiary/aromatic N) is 1. The molecule has 2 saturated heterocycles. The second kappa shape index (κ2) is 10.8. The van der Waals surface area contributed by atoms with Crippen LogP contribution in [0.15, 0.2) is 73.3 Å². The standard InChI is InChI=1S/C42H35Br2NO8S/c1-39-9-11-41(3,52-39)25-16-18(5-7-23(25)39)20-13-21(19-6-8-24-26(17-19)42(4)12-10-40(24,2)53-42)15-22(14-20)45-29-35(50)31(46)27(43)33(48)37(29)54-38-30(45)36(51)32(47)28(44)34(38)49/h5-8,13-17,46-51H,9-12H2,1-4H3. The van der Waals surface area contributed by atoms with Gasteiger partial charge in [-0.1, -0.05) is 36.0 Å². The van der Waals surface area contributed by atoms with Crippen LogP contribution in [0.2, 0.25) is 0 Å². The normalized spacial score (nSPS) is 26.9. The van der Waals surface area contributed by atoms with Crippen LogP contribution in [0.3, 0.4) is 0 Å². The number of halogens is 2. The molecule has 276 valence electrons. The van der Waals surface area contributed by atoms with Gasteiger partial charge in [0.15, 0.2) is 23.0 Å². The van der Waals surface area contributed by atoms with Gasteiger partial charge in [0.05, 0.1) is 32.2 Å². The highest BCUT2D eigenvalue weighted by Gasteiger charge is 2.55. The molecule has 4 bridgehead atoms. The Morgan fingerprint density at radius 2 is 0.889 bits per heavy atom. The van der Waals surface area contributed by atoms with Gasteiger partial charge in [-0.05, 0) is 160 Å². The summed E-state index contributed by atoms with van der Waals surface area (Å²) in [6, 6.07) is 18.6. The van der Waals surface area contributed by atoms with Gasteiger partial charge in [0, 0.05) is 5.69 Å². The van der Waals surface area contributed by atoms with Crippen LogP contribution < -0.4 is 4.90 Å². The first-order valence-electron chi connectivity index (χ1n) is 17.7. The Morgan fingerprint density at radius 1 is 0.500 bits per heavy atom. The fourth-order valence-corrected chi connectivity index (χ4v) is 11.8. The summed E-state index contributed by atoms with van der Waals surface area (Å²) in [4.78, 5) is 1.66. The smallest absolute Gasteiger partial charge is 0.184 e. The quantitative estimate of drug-likeness (QED) is 0.0751. The number of aromatic hydroxyl groups is 6. The summed E-state index contributed by atoms with van der Waals surface area (Å²) in [5.41, 5.74) is 6.79. The van der Waals surface area contributed by atoms with E-state index in [1.165, 1.54) is 16.0 Å². The zero-order valence-corrected chi connectivity index (χ0v) is 33.6. The number of phenolic OH excluding ortho intramolecular Hbond substituents is 6. The van der Waals surface area contributed by atoms with Crippen molar-refractivity contribution < 1.29 is 40.1 Å². The van der Waals surface area contributed by atoms with Crippen LogP contribution in [0, 0.1) is 0 Å². The first-order chi connectivity index (χ1) is 25.5.